The molecule has 130 valence electrons. The number of ether oxygens (including phenoxy) is 2. The number of rotatable bonds is 6. The molecule has 0 spiro atoms. The molecule has 0 bridgehead atoms. The van der Waals surface area contributed by atoms with E-state index < -0.39 is 5.82 Å². The standard InChI is InChI=1S/C18H16ClFN2O3/c1-23-15-7-13(20)14(8-16(15)24-2)21-10-18-22-9-17(25-18)11-5-3-4-6-12(11)19/h3-9,21H,10H2,1-2H3. The van der Waals surface area contributed by atoms with Crippen LogP contribution in [0, 0.1) is 5.82 Å². The molecular formula is C18H16ClFN2O3. The van der Waals surface area contributed by atoms with Crippen LogP contribution in [0.1, 0.15) is 5.89 Å². The van der Waals surface area contributed by atoms with Gasteiger partial charge in [0, 0.05) is 17.7 Å². The Kier molecular flexibility index (Phi) is 5.09. The van der Waals surface area contributed by atoms with Gasteiger partial charge in [-0.3, -0.25) is 0 Å². The van der Waals surface area contributed by atoms with E-state index in [0.29, 0.717) is 28.2 Å². The van der Waals surface area contributed by atoms with Gasteiger partial charge in [-0.25, -0.2) is 9.37 Å². The second-order valence-corrected chi connectivity index (χ2v) is 5.55. The molecule has 1 aromatic heterocycles. The molecule has 1 heterocycles. The Hall–Kier alpha value is -2.73. The fourth-order valence-electron chi connectivity index (χ4n) is 2.34. The van der Waals surface area contributed by atoms with Crippen LogP contribution in [0.15, 0.2) is 47.0 Å². The maximum atomic E-state index is 14.1. The summed E-state index contributed by atoms with van der Waals surface area (Å²) in [5, 5.41) is 3.51. The van der Waals surface area contributed by atoms with Crippen molar-refractivity contribution in [3.63, 3.8) is 0 Å². The third kappa shape index (κ3) is 3.69. The van der Waals surface area contributed by atoms with Crippen LogP contribution in [-0.2, 0) is 6.54 Å². The number of anilines is 1. The van der Waals surface area contributed by atoms with Gasteiger partial charge in [0.1, 0.15) is 5.82 Å². The lowest BCUT2D eigenvalue weighted by Gasteiger charge is -2.11. The number of hydrogen-bond acceptors (Lipinski definition) is 5. The number of methoxy groups -OCH3 is 2. The van der Waals surface area contributed by atoms with Crippen molar-refractivity contribution in [1.82, 2.24) is 4.98 Å². The van der Waals surface area contributed by atoms with E-state index in [0.717, 1.165) is 5.56 Å². The van der Waals surface area contributed by atoms with Crippen LogP contribution >= 0.6 is 11.6 Å². The van der Waals surface area contributed by atoms with Crippen LogP contribution in [0.5, 0.6) is 11.5 Å². The minimum Gasteiger partial charge on any atom is -0.493 e. The molecule has 0 aliphatic rings. The average molecular weight is 363 g/mol. The first-order valence-electron chi connectivity index (χ1n) is 7.47. The number of benzene rings is 2. The summed E-state index contributed by atoms with van der Waals surface area (Å²) in [4.78, 5) is 4.19. The lowest BCUT2D eigenvalue weighted by atomic mass is 10.2. The average Bonchev–Trinajstić information content (AvgIpc) is 3.09. The van der Waals surface area contributed by atoms with E-state index in [9.17, 15) is 4.39 Å². The predicted molar refractivity (Wildman–Crippen MR) is 93.8 cm³/mol. The molecule has 0 aliphatic carbocycles. The zero-order valence-electron chi connectivity index (χ0n) is 13.7. The summed E-state index contributed by atoms with van der Waals surface area (Å²) in [7, 11) is 2.94. The highest BCUT2D eigenvalue weighted by atomic mass is 35.5. The predicted octanol–water partition coefficient (Wildman–Crippen LogP) is 4.76. The molecule has 3 aromatic rings. The van der Waals surface area contributed by atoms with Crippen molar-refractivity contribution in [3.05, 3.63) is 59.3 Å². The molecule has 0 aliphatic heterocycles. The highest BCUT2D eigenvalue weighted by molar-refractivity contribution is 6.33. The van der Waals surface area contributed by atoms with Gasteiger partial charge in [-0.2, -0.15) is 0 Å². The first kappa shape index (κ1) is 17.1. The van der Waals surface area contributed by atoms with Gasteiger partial charge in [0.05, 0.1) is 37.7 Å². The van der Waals surface area contributed by atoms with E-state index in [2.05, 4.69) is 10.3 Å². The molecule has 7 heteroatoms. The summed E-state index contributed by atoms with van der Waals surface area (Å²) in [6.45, 7) is 0.205. The summed E-state index contributed by atoms with van der Waals surface area (Å²) in [5.41, 5.74) is 1.01. The fraction of sp³-hybridized carbons (Fsp3) is 0.167. The molecule has 5 nitrogen and oxygen atoms in total. The summed E-state index contributed by atoms with van der Waals surface area (Å²) in [6, 6.07) is 10.1. The number of oxazole rings is 1. The minimum atomic E-state index is -0.462. The van der Waals surface area contributed by atoms with E-state index in [1.807, 2.05) is 18.2 Å². The summed E-state index contributed by atoms with van der Waals surface area (Å²) in [6.07, 6.45) is 1.59. The largest absolute Gasteiger partial charge is 0.493 e. The van der Waals surface area contributed by atoms with Gasteiger partial charge in [0.15, 0.2) is 17.3 Å². The van der Waals surface area contributed by atoms with Crippen LogP contribution in [0.25, 0.3) is 11.3 Å². The molecule has 0 amide bonds. The number of halogens is 2. The fourth-order valence-corrected chi connectivity index (χ4v) is 2.57. The Bertz CT molecular complexity index is 883. The Balaban J connectivity index is 1.76. The lowest BCUT2D eigenvalue weighted by Crippen LogP contribution is -2.03. The Morgan fingerprint density at radius 3 is 2.60 bits per heavy atom. The second kappa shape index (κ2) is 7.44. The van der Waals surface area contributed by atoms with E-state index >= 15 is 0 Å². The maximum Gasteiger partial charge on any atom is 0.214 e. The van der Waals surface area contributed by atoms with Crippen molar-refractivity contribution in [3.8, 4) is 22.8 Å². The van der Waals surface area contributed by atoms with Gasteiger partial charge in [-0.05, 0) is 12.1 Å². The van der Waals surface area contributed by atoms with Crippen LogP contribution in [0.4, 0.5) is 10.1 Å². The molecule has 0 radical (unpaired) electrons. The van der Waals surface area contributed by atoms with Crippen LogP contribution in [0.2, 0.25) is 5.02 Å². The SMILES string of the molecule is COc1cc(F)c(NCc2ncc(-c3ccccc3Cl)o2)cc1OC. The van der Waals surface area contributed by atoms with Crippen molar-refractivity contribution in [1.29, 1.82) is 0 Å². The molecule has 0 saturated carbocycles. The summed E-state index contributed by atoms with van der Waals surface area (Å²) < 4.78 is 30.0. The molecule has 0 fully saturated rings. The molecule has 0 atom stereocenters. The topological polar surface area (TPSA) is 56.5 Å². The number of nitrogens with zero attached hydrogens (tertiary/aromatic N) is 1. The van der Waals surface area contributed by atoms with E-state index in [4.69, 9.17) is 25.5 Å². The highest BCUT2D eigenvalue weighted by Crippen LogP contribution is 2.33. The van der Waals surface area contributed by atoms with Gasteiger partial charge in [-0.15, -0.1) is 0 Å². The van der Waals surface area contributed by atoms with E-state index in [1.54, 1.807) is 12.3 Å². The minimum absolute atomic E-state index is 0.205. The number of hydrogen-bond donors (Lipinski definition) is 1. The third-order valence-corrected chi connectivity index (χ3v) is 3.93. The van der Waals surface area contributed by atoms with Gasteiger partial charge in [0.2, 0.25) is 5.89 Å². The van der Waals surface area contributed by atoms with Crippen molar-refractivity contribution in [2.45, 2.75) is 6.54 Å². The van der Waals surface area contributed by atoms with Crippen molar-refractivity contribution >= 4 is 17.3 Å². The van der Waals surface area contributed by atoms with Crippen LogP contribution < -0.4 is 14.8 Å². The van der Waals surface area contributed by atoms with E-state index in [-0.39, 0.29) is 12.2 Å². The van der Waals surface area contributed by atoms with Gasteiger partial charge >= 0.3 is 0 Å². The van der Waals surface area contributed by atoms with E-state index in [1.165, 1.54) is 26.4 Å². The van der Waals surface area contributed by atoms with Crippen molar-refractivity contribution in [2.24, 2.45) is 0 Å². The monoisotopic (exact) mass is 362 g/mol. The number of nitrogens with one attached hydrogen (secondary N) is 1. The molecule has 25 heavy (non-hydrogen) atoms. The highest BCUT2D eigenvalue weighted by Gasteiger charge is 2.13. The molecule has 0 unspecified atom stereocenters. The normalized spacial score (nSPS) is 10.6. The van der Waals surface area contributed by atoms with Crippen molar-refractivity contribution in [2.75, 3.05) is 19.5 Å². The molecule has 2 aromatic carbocycles. The molecule has 0 saturated heterocycles. The first-order valence-corrected chi connectivity index (χ1v) is 7.85. The maximum absolute atomic E-state index is 14.1. The molecule has 3 rings (SSSR count). The van der Waals surface area contributed by atoms with Gasteiger partial charge < -0.3 is 19.2 Å². The summed E-state index contributed by atoms with van der Waals surface area (Å²) >= 11 is 6.14. The second-order valence-electron chi connectivity index (χ2n) is 5.14. The zero-order valence-corrected chi connectivity index (χ0v) is 14.4. The third-order valence-electron chi connectivity index (χ3n) is 3.60. The number of aromatic nitrogens is 1. The van der Waals surface area contributed by atoms with Gasteiger partial charge in [-0.1, -0.05) is 23.7 Å². The van der Waals surface area contributed by atoms with Crippen molar-refractivity contribution < 1.29 is 18.3 Å². The van der Waals surface area contributed by atoms with Crippen LogP contribution in [-0.4, -0.2) is 19.2 Å². The molecular weight excluding hydrogens is 347 g/mol. The van der Waals surface area contributed by atoms with Crippen LogP contribution in [0.3, 0.4) is 0 Å². The smallest absolute Gasteiger partial charge is 0.214 e. The Labute approximate surface area is 149 Å². The Morgan fingerprint density at radius 2 is 1.88 bits per heavy atom. The first-order chi connectivity index (χ1) is 12.1. The molecule has 1 N–H and O–H groups in total. The Morgan fingerprint density at radius 1 is 1.16 bits per heavy atom. The summed E-state index contributed by atoms with van der Waals surface area (Å²) in [5.74, 6) is 1.24. The quantitative estimate of drug-likeness (QED) is 0.685. The lowest BCUT2D eigenvalue weighted by molar-refractivity contribution is 0.352. The zero-order chi connectivity index (χ0) is 17.8. The van der Waals surface area contributed by atoms with Gasteiger partial charge in [0.25, 0.3) is 0 Å².